The van der Waals surface area contributed by atoms with E-state index in [2.05, 4.69) is 16.4 Å². The zero-order valence-electron chi connectivity index (χ0n) is 10.1. The summed E-state index contributed by atoms with van der Waals surface area (Å²) < 4.78 is 0. The molecule has 0 aliphatic heterocycles. The largest absolute Gasteiger partial charge is 0.508 e. The van der Waals surface area contributed by atoms with Crippen molar-refractivity contribution in [3.63, 3.8) is 0 Å². The van der Waals surface area contributed by atoms with Crippen molar-refractivity contribution in [3.8, 4) is 5.75 Å². The fraction of sp³-hybridized carbons (Fsp3) is 0.267. The van der Waals surface area contributed by atoms with Gasteiger partial charge in [0.15, 0.2) is 0 Å². The zero-order chi connectivity index (χ0) is 12.4. The minimum Gasteiger partial charge on any atom is -0.508 e. The molecule has 0 bridgehead atoms. The van der Waals surface area contributed by atoms with Gasteiger partial charge in [-0.2, -0.15) is 0 Å². The topological polar surface area (TPSA) is 45.1 Å². The third-order valence-electron chi connectivity index (χ3n) is 3.49. The number of aryl methyl sites for hydroxylation is 1. The molecule has 1 aromatic carbocycles. The molecule has 0 amide bonds. The van der Waals surface area contributed by atoms with Gasteiger partial charge in [0.2, 0.25) is 0 Å². The van der Waals surface area contributed by atoms with Gasteiger partial charge in [0.05, 0.1) is 11.7 Å². The first-order chi connectivity index (χ1) is 8.84. The Hall–Kier alpha value is -1.87. The fourth-order valence-electron chi connectivity index (χ4n) is 2.50. The zero-order valence-corrected chi connectivity index (χ0v) is 10.1. The van der Waals surface area contributed by atoms with Gasteiger partial charge in [0.25, 0.3) is 0 Å². The van der Waals surface area contributed by atoms with Crippen LogP contribution in [0.1, 0.15) is 29.3 Å². The van der Waals surface area contributed by atoms with Crippen LogP contribution in [0.4, 0.5) is 0 Å². The molecule has 2 N–H and O–H groups in total. The molecule has 3 nitrogen and oxygen atoms in total. The molecule has 1 atom stereocenters. The van der Waals surface area contributed by atoms with E-state index in [-0.39, 0.29) is 0 Å². The maximum atomic E-state index is 9.72. The number of nitrogens with one attached hydrogen (secondary N) is 1. The highest BCUT2D eigenvalue weighted by atomic mass is 16.3. The second-order valence-electron chi connectivity index (χ2n) is 4.65. The highest BCUT2D eigenvalue weighted by molar-refractivity contribution is 5.32. The summed E-state index contributed by atoms with van der Waals surface area (Å²) >= 11 is 0. The summed E-state index contributed by atoms with van der Waals surface area (Å²) in [5, 5.41) is 13.2. The van der Waals surface area contributed by atoms with Crippen LogP contribution in [0.3, 0.4) is 0 Å². The molecule has 1 aliphatic carbocycles. The summed E-state index contributed by atoms with van der Waals surface area (Å²) in [5.41, 5.74) is 3.43. The fourth-order valence-corrected chi connectivity index (χ4v) is 2.50. The van der Waals surface area contributed by atoms with E-state index in [4.69, 9.17) is 0 Å². The number of nitrogens with zero attached hydrogens (tertiary/aromatic N) is 1. The van der Waals surface area contributed by atoms with Crippen LogP contribution >= 0.6 is 0 Å². The minimum absolute atomic E-state index is 0.306. The van der Waals surface area contributed by atoms with Crippen molar-refractivity contribution < 1.29 is 5.11 Å². The van der Waals surface area contributed by atoms with E-state index in [0.29, 0.717) is 18.3 Å². The summed E-state index contributed by atoms with van der Waals surface area (Å²) in [5.74, 6) is 0.351. The Morgan fingerprint density at radius 2 is 2.11 bits per heavy atom. The molecular formula is C15H16N2O. The van der Waals surface area contributed by atoms with Crippen LogP contribution in [0.15, 0.2) is 42.6 Å². The molecule has 18 heavy (non-hydrogen) atoms. The lowest BCUT2D eigenvalue weighted by Gasteiger charge is -2.13. The molecule has 3 rings (SSSR count). The Kier molecular flexibility index (Phi) is 2.99. The number of phenols is 1. The van der Waals surface area contributed by atoms with E-state index >= 15 is 0 Å². The van der Waals surface area contributed by atoms with E-state index in [0.717, 1.165) is 24.1 Å². The number of pyridine rings is 1. The van der Waals surface area contributed by atoms with E-state index in [1.165, 1.54) is 5.56 Å². The molecule has 0 fully saturated rings. The average Bonchev–Trinajstić information content (AvgIpc) is 2.81. The maximum absolute atomic E-state index is 9.72. The van der Waals surface area contributed by atoms with E-state index in [1.54, 1.807) is 6.07 Å². The first kappa shape index (κ1) is 11.2. The van der Waals surface area contributed by atoms with Gasteiger partial charge in [0.1, 0.15) is 5.75 Å². The maximum Gasteiger partial charge on any atom is 0.120 e. The second kappa shape index (κ2) is 4.78. The van der Waals surface area contributed by atoms with Crippen LogP contribution in [0.2, 0.25) is 0 Å². The van der Waals surface area contributed by atoms with Crippen LogP contribution < -0.4 is 5.32 Å². The van der Waals surface area contributed by atoms with Gasteiger partial charge in [-0.15, -0.1) is 0 Å². The number of hydrogen-bond donors (Lipinski definition) is 2. The lowest BCUT2D eigenvalue weighted by molar-refractivity contribution is 0.455. The summed E-state index contributed by atoms with van der Waals surface area (Å²) in [6.45, 7) is 0.674. The van der Waals surface area contributed by atoms with Crippen LogP contribution in [0.5, 0.6) is 5.75 Å². The Morgan fingerprint density at radius 1 is 1.22 bits per heavy atom. The quantitative estimate of drug-likeness (QED) is 0.866. The smallest absolute Gasteiger partial charge is 0.120 e. The van der Waals surface area contributed by atoms with E-state index in [1.807, 2.05) is 30.5 Å². The highest BCUT2D eigenvalue weighted by Gasteiger charge is 2.22. The molecule has 1 heterocycles. The van der Waals surface area contributed by atoms with Crippen LogP contribution in [0.25, 0.3) is 0 Å². The first-order valence-corrected chi connectivity index (χ1v) is 6.28. The Balaban J connectivity index is 1.71. The van der Waals surface area contributed by atoms with Crippen LogP contribution in [-0.4, -0.2) is 10.1 Å². The normalized spacial score (nSPS) is 17.7. The monoisotopic (exact) mass is 240 g/mol. The van der Waals surface area contributed by atoms with Gasteiger partial charge < -0.3 is 10.4 Å². The third kappa shape index (κ3) is 2.09. The summed E-state index contributed by atoms with van der Waals surface area (Å²) in [6.07, 6.45) is 4.01. The number of aromatic hydroxyl groups is 1. The summed E-state index contributed by atoms with van der Waals surface area (Å²) in [7, 11) is 0. The Bertz CT molecular complexity index is 554. The first-order valence-electron chi connectivity index (χ1n) is 6.28. The molecule has 1 aromatic heterocycles. The van der Waals surface area contributed by atoms with Gasteiger partial charge in [-0.05, 0) is 30.5 Å². The number of fused-ring (bicyclic) bond motifs is 1. The van der Waals surface area contributed by atoms with Gasteiger partial charge >= 0.3 is 0 Å². The van der Waals surface area contributed by atoms with Gasteiger partial charge in [-0.25, -0.2) is 0 Å². The number of para-hydroxylation sites is 1. The molecule has 0 saturated carbocycles. The number of benzene rings is 1. The molecule has 2 aromatic rings. The lowest BCUT2D eigenvalue weighted by Crippen LogP contribution is -2.19. The molecule has 1 aliphatic rings. The van der Waals surface area contributed by atoms with Crippen molar-refractivity contribution in [1.29, 1.82) is 0 Å². The second-order valence-corrected chi connectivity index (χ2v) is 4.65. The number of aromatic nitrogens is 1. The molecule has 0 saturated heterocycles. The molecule has 1 unspecified atom stereocenters. The SMILES string of the molecule is Oc1ccccc1CNC1CCc2cccnc21. The highest BCUT2D eigenvalue weighted by Crippen LogP contribution is 2.29. The van der Waals surface area contributed by atoms with Crippen LogP contribution in [-0.2, 0) is 13.0 Å². The molecular weight excluding hydrogens is 224 g/mol. The Morgan fingerprint density at radius 3 is 3.00 bits per heavy atom. The number of phenolic OH excluding ortho intramolecular Hbond substituents is 1. The molecule has 0 spiro atoms. The van der Waals surface area contributed by atoms with Crippen molar-refractivity contribution in [3.05, 3.63) is 59.4 Å². The van der Waals surface area contributed by atoms with E-state index < -0.39 is 0 Å². The van der Waals surface area contributed by atoms with Gasteiger partial charge in [-0.1, -0.05) is 24.3 Å². The molecule has 3 heteroatoms. The van der Waals surface area contributed by atoms with Gasteiger partial charge in [0, 0.05) is 18.3 Å². The third-order valence-corrected chi connectivity index (χ3v) is 3.49. The number of rotatable bonds is 3. The van der Waals surface area contributed by atoms with Crippen molar-refractivity contribution in [1.82, 2.24) is 10.3 Å². The predicted molar refractivity (Wildman–Crippen MR) is 70.2 cm³/mol. The van der Waals surface area contributed by atoms with Crippen molar-refractivity contribution in [2.45, 2.75) is 25.4 Å². The van der Waals surface area contributed by atoms with Crippen molar-refractivity contribution in [2.24, 2.45) is 0 Å². The predicted octanol–water partition coefficient (Wildman–Crippen LogP) is 2.56. The molecule has 0 radical (unpaired) electrons. The van der Waals surface area contributed by atoms with Crippen LogP contribution in [0, 0.1) is 0 Å². The standard InChI is InChI=1S/C15H16N2O/c18-14-6-2-1-4-12(14)10-17-13-8-7-11-5-3-9-16-15(11)13/h1-6,9,13,17-18H,7-8,10H2. The molecule has 92 valence electrons. The summed E-state index contributed by atoms with van der Waals surface area (Å²) in [6, 6.07) is 11.9. The van der Waals surface area contributed by atoms with Crippen molar-refractivity contribution in [2.75, 3.05) is 0 Å². The Labute approximate surface area is 107 Å². The summed E-state index contributed by atoms with van der Waals surface area (Å²) in [4.78, 5) is 4.45. The minimum atomic E-state index is 0.306. The number of hydrogen-bond acceptors (Lipinski definition) is 3. The van der Waals surface area contributed by atoms with E-state index in [9.17, 15) is 5.11 Å². The van der Waals surface area contributed by atoms with Gasteiger partial charge in [-0.3, -0.25) is 4.98 Å². The van der Waals surface area contributed by atoms with Crippen molar-refractivity contribution >= 4 is 0 Å². The average molecular weight is 240 g/mol. The lowest BCUT2D eigenvalue weighted by atomic mass is 10.1.